The Hall–Kier alpha value is -1.88. The number of carbonyl (C=O) groups is 2. The molecule has 5 heteroatoms. The van der Waals surface area contributed by atoms with Gasteiger partial charge in [0.2, 0.25) is 0 Å². The quantitative estimate of drug-likeness (QED) is 0.0346. The van der Waals surface area contributed by atoms with E-state index in [1.54, 1.807) is 0 Å². The van der Waals surface area contributed by atoms with Crippen LogP contribution in [0.25, 0.3) is 0 Å². The molecule has 0 radical (unpaired) electrons. The van der Waals surface area contributed by atoms with Crippen molar-refractivity contribution in [2.75, 3.05) is 19.8 Å². The normalized spacial score (nSPS) is 12.4. The van der Waals surface area contributed by atoms with Gasteiger partial charge in [0.25, 0.3) is 0 Å². The molecule has 0 fully saturated rings. The molecule has 0 N–H and O–H groups in total. The summed E-state index contributed by atoms with van der Waals surface area (Å²) in [6.07, 6.45) is 64.4. The highest BCUT2D eigenvalue weighted by Gasteiger charge is 2.17. The minimum Gasteiger partial charge on any atom is -0.462 e. The number of hydrogen-bond donors (Lipinski definition) is 0. The predicted octanol–water partition coefficient (Wildman–Crippen LogP) is 18.6. The number of allylic oxidation sites excluding steroid dienone is 6. The fourth-order valence-corrected chi connectivity index (χ4v) is 8.01. The summed E-state index contributed by atoms with van der Waals surface area (Å²) in [5, 5.41) is 0. The van der Waals surface area contributed by atoms with Gasteiger partial charge in [0.1, 0.15) is 6.61 Å². The fourth-order valence-electron chi connectivity index (χ4n) is 8.01. The highest BCUT2D eigenvalue weighted by molar-refractivity contribution is 5.70. The Labute approximate surface area is 387 Å². The third kappa shape index (κ3) is 50.8. The van der Waals surface area contributed by atoms with E-state index in [0.29, 0.717) is 19.4 Å². The summed E-state index contributed by atoms with van der Waals surface area (Å²) < 4.78 is 17.4. The molecule has 0 bridgehead atoms. The smallest absolute Gasteiger partial charge is 0.306 e. The van der Waals surface area contributed by atoms with Crippen LogP contribution in [0.2, 0.25) is 0 Å². The van der Waals surface area contributed by atoms with Gasteiger partial charge in [0.15, 0.2) is 6.10 Å². The summed E-state index contributed by atoms with van der Waals surface area (Å²) in [6.45, 7) is 7.82. The number of unbranched alkanes of at least 4 members (excludes halogenated alkanes) is 34. The standard InChI is InChI=1S/C57H106O5/c1-4-7-10-13-16-19-22-25-27-28-29-30-31-33-35-38-41-44-47-50-56(58)61-54-55(53-60-52-49-46-43-40-37-34-26-23-20-17-14-11-8-5-2)62-57(59)51-48-45-42-39-36-32-24-21-18-15-12-9-6-3/h16,19-20,23,25,27,55H,4-15,17-18,21-22,24,26,28-54H2,1-3H3/b19-16-,23-20-,27-25-. The zero-order chi connectivity index (χ0) is 44.9. The van der Waals surface area contributed by atoms with Crippen LogP contribution < -0.4 is 0 Å². The Morgan fingerprint density at radius 2 is 0.677 bits per heavy atom. The molecule has 0 aromatic carbocycles. The lowest BCUT2D eigenvalue weighted by Crippen LogP contribution is -2.30. The highest BCUT2D eigenvalue weighted by atomic mass is 16.6. The van der Waals surface area contributed by atoms with Crippen molar-refractivity contribution in [3.63, 3.8) is 0 Å². The van der Waals surface area contributed by atoms with Crippen molar-refractivity contribution in [3.05, 3.63) is 36.5 Å². The average Bonchev–Trinajstić information content (AvgIpc) is 3.27. The molecule has 0 aromatic rings. The average molecular weight is 871 g/mol. The van der Waals surface area contributed by atoms with Gasteiger partial charge in [-0.15, -0.1) is 0 Å². The maximum Gasteiger partial charge on any atom is 0.306 e. The van der Waals surface area contributed by atoms with Gasteiger partial charge < -0.3 is 14.2 Å². The number of carbonyl (C=O) groups excluding carboxylic acids is 2. The lowest BCUT2D eigenvalue weighted by atomic mass is 10.0. The maximum absolute atomic E-state index is 12.8. The molecule has 0 amide bonds. The molecule has 62 heavy (non-hydrogen) atoms. The van der Waals surface area contributed by atoms with Crippen molar-refractivity contribution in [2.45, 2.75) is 297 Å². The summed E-state index contributed by atoms with van der Waals surface area (Å²) in [5.41, 5.74) is 0. The molecule has 0 heterocycles. The Morgan fingerprint density at radius 3 is 1.13 bits per heavy atom. The summed E-state index contributed by atoms with van der Waals surface area (Å²) in [4.78, 5) is 25.4. The van der Waals surface area contributed by atoms with Crippen molar-refractivity contribution < 1.29 is 23.8 Å². The van der Waals surface area contributed by atoms with Gasteiger partial charge >= 0.3 is 11.9 Å². The van der Waals surface area contributed by atoms with Crippen molar-refractivity contribution >= 4 is 11.9 Å². The van der Waals surface area contributed by atoms with Crippen LogP contribution in [0.15, 0.2) is 36.5 Å². The van der Waals surface area contributed by atoms with Crippen LogP contribution in [0.4, 0.5) is 0 Å². The molecule has 0 rings (SSSR count). The molecule has 0 aliphatic heterocycles. The maximum atomic E-state index is 12.8. The Bertz CT molecular complexity index is 986. The highest BCUT2D eigenvalue weighted by Crippen LogP contribution is 2.16. The summed E-state index contributed by atoms with van der Waals surface area (Å²) in [7, 11) is 0. The Morgan fingerprint density at radius 1 is 0.355 bits per heavy atom. The van der Waals surface area contributed by atoms with Crippen LogP contribution in [0.5, 0.6) is 0 Å². The molecular weight excluding hydrogens is 765 g/mol. The van der Waals surface area contributed by atoms with E-state index in [4.69, 9.17) is 14.2 Å². The first-order chi connectivity index (χ1) is 30.6. The van der Waals surface area contributed by atoms with Gasteiger partial charge in [-0.3, -0.25) is 9.59 Å². The molecule has 0 aromatic heterocycles. The number of hydrogen-bond acceptors (Lipinski definition) is 5. The topological polar surface area (TPSA) is 61.8 Å². The van der Waals surface area contributed by atoms with E-state index in [9.17, 15) is 9.59 Å². The zero-order valence-corrected chi connectivity index (χ0v) is 41.9. The van der Waals surface area contributed by atoms with E-state index < -0.39 is 6.10 Å². The van der Waals surface area contributed by atoms with Gasteiger partial charge in [-0.25, -0.2) is 0 Å². The monoisotopic (exact) mass is 871 g/mol. The van der Waals surface area contributed by atoms with E-state index >= 15 is 0 Å². The van der Waals surface area contributed by atoms with Crippen LogP contribution in [-0.2, 0) is 23.8 Å². The van der Waals surface area contributed by atoms with E-state index in [2.05, 4.69) is 57.2 Å². The molecule has 0 aliphatic rings. The second-order valence-electron chi connectivity index (χ2n) is 18.5. The van der Waals surface area contributed by atoms with Gasteiger partial charge in [-0.1, -0.05) is 237 Å². The van der Waals surface area contributed by atoms with Gasteiger partial charge in [-0.05, 0) is 77.0 Å². The lowest BCUT2D eigenvalue weighted by molar-refractivity contribution is -0.163. The summed E-state index contributed by atoms with van der Waals surface area (Å²) >= 11 is 0. The first-order valence-electron chi connectivity index (χ1n) is 27.5. The SMILES string of the molecule is CCCCC/C=C\C/C=C\CCCCCCCCCCCC(=O)OCC(COCCCCCCCC/C=C\CCCCCC)OC(=O)CCCCCCCCCCCCCCC. The van der Waals surface area contributed by atoms with E-state index in [1.807, 2.05) is 0 Å². The van der Waals surface area contributed by atoms with Gasteiger partial charge in [-0.2, -0.15) is 0 Å². The number of esters is 2. The molecular formula is C57H106O5. The van der Waals surface area contributed by atoms with E-state index in [-0.39, 0.29) is 25.2 Å². The third-order valence-corrected chi connectivity index (χ3v) is 12.1. The Kier molecular flexibility index (Phi) is 51.8. The van der Waals surface area contributed by atoms with Crippen LogP contribution in [0, 0.1) is 0 Å². The van der Waals surface area contributed by atoms with Crippen molar-refractivity contribution in [3.8, 4) is 0 Å². The first kappa shape index (κ1) is 60.1. The molecule has 0 aliphatic carbocycles. The molecule has 0 saturated heterocycles. The van der Waals surface area contributed by atoms with Crippen LogP contribution in [-0.4, -0.2) is 37.9 Å². The molecule has 5 nitrogen and oxygen atoms in total. The second kappa shape index (κ2) is 53.5. The van der Waals surface area contributed by atoms with E-state index in [1.165, 1.54) is 212 Å². The number of ether oxygens (including phenoxy) is 3. The molecule has 1 unspecified atom stereocenters. The minimum atomic E-state index is -0.536. The molecule has 364 valence electrons. The third-order valence-electron chi connectivity index (χ3n) is 12.1. The molecule has 0 spiro atoms. The van der Waals surface area contributed by atoms with Crippen molar-refractivity contribution in [1.29, 1.82) is 0 Å². The zero-order valence-electron chi connectivity index (χ0n) is 41.9. The van der Waals surface area contributed by atoms with Crippen molar-refractivity contribution in [1.82, 2.24) is 0 Å². The van der Waals surface area contributed by atoms with Crippen LogP contribution in [0.1, 0.15) is 290 Å². The lowest BCUT2D eigenvalue weighted by Gasteiger charge is -2.18. The van der Waals surface area contributed by atoms with Crippen LogP contribution in [0.3, 0.4) is 0 Å². The van der Waals surface area contributed by atoms with E-state index in [0.717, 1.165) is 44.9 Å². The van der Waals surface area contributed by atoms with Crippen molar-refractivity contribution in [2.24, 2.45) is 0 Å². The van der Waals surface area contributed by atoms with Gasteiger partial charge in [0.05, 0.1) is 6.61 Å². The largest absolute Gasteiger partial charge is 0.462 e. The summed E-state index contributed by atoms with van der Waals surface area (Å²) in [6, 6.07) is 0. The predicted molar refractivity (Wildman–Crippen MR) is 270 cm³/mol. The van der Waals surface area contributed by atoms with Crippen LogP contribution >= 0.6 is 0 Å². The molecule has 0 saturated carbocycles. The first-order valence-corrected chi connectivity index (χ1v) is 27.5. The summed E-state index contributed by atoms with van der Waals surface area (Å²) in [5.74, 6) is -0.389. The van der Waals surface area contributed by atoms with Gasteiger partial charge in [0, 0.05) is 19.4 Å². The molecule has 1 atom stereocenters. The fraction of sp³-hybridized carbons (Fsp3) is 0.860. The number of rotatable bonds is 51. The Balaban J connectivity index is 4.21. The minimum absolute atomic E-state index is 0.0856. The second-order valence-corrected chi connectivity index (χ2v) is 18.5.